The van der Waals surface area contributed by atoms with Gasteiger partial charge in [0.2, 0.25) is 6.79 Å². The third-order valence-electron chi connectivity index (χ3n) is 12.4. The highest BCUT2D eigenvalue weighted by molar-refractivity contribution is 7.99. The first-order valence-corrected chi connectivity index (χ1v) is 19.4. The largest absolute Gasteiger partial charge is 0.504 e. The minimum atomic E-state index is -1.32. The fourth-order valence-electron chi connectivity index (χ4n) is 10.1. The summed E-state index contributed by atoms with van der Waals surface area (Å²) in [6, 6.07) is 5.13. The van der Waals surface area contributed by atoms with Gasteiger partial charge in [-0.15, -0.1) is 11.8 Å². The number of fused-ring (bicyclic) bond motifs is 9. The molecule has 3 aromatic carbocycles. The number of carbonyl (C=O) groups is 2. The first kappa shape index (κ1) is 35.8. The number of nitriles is 1. The molecule has 2 fully saturated rings. The maximum atomic E-state index is 14.9. The molecule has 3 N–H and O–H groups in total. The van der Waals surface area contributed by atoms with Crippen LogP contribution >= 0.6 is 11.8 Å². The number of aromatic hydroxyl groups is 2. The molecule has 7 aliphatic heterocycles. The number of hydrogen-bond donors (Lipinski definition) is 3. The minimum absolute atomic E-state index is 0.0187. The Hall–Kier alpha value is -4.88. The molecule has 1 spiro atoms. The van der Waals surface area contributed by atoms with Crippen LogP contribution in [0.25, 0.3) is 0 Å². The average molecular weight is 771 g/mol. The first-order valence-electron chi connectivity index (χ1n) is 18.3. The first-order chi connectivity index (χ1) is 26.4. The minimum Gasteiger partial charge on any atom is -0.504 e. The van der Waals surface area contributed by atoms with Crippen molar-refractivity contribution in [3.8, 4) is 46.3 Å². The Balaban J connectivity index is 1.33. The number of phenols is 2. The van der Waals surface area contributed by atoms with Crippen molar-refractivity contribution < 1.29 is 48.2 Å². The number of thioether (sulfide) groups is 1. The molecule has 2 saturated heterocycles. The fourth-order valence-corrected chi connectivity index (χ4v) is 11.9. The number of benzene rings is 3. The third kappa shape index (κ3) is 4.90. The van der Waals surface area contributed by atoms with Crippen LogP contribution < -0.4 is 29.0 Å². The van der Waals surface area contributed by atoms with E-state index in [1.807, 2.05) is 31.9 Å². The Morgan fingerprint density at radius 1 is 1.05 bits per heavy atom. The van der Waals surface area contributed by atoms with Crippen molar-refractivity contribution in [1.82, 2.24) is 15.1 Å². The summed E-state index contributed by atoms with van der Waals surface area (Å²) < 4.78 is 36.1. The number of phenolic OH excluding ortho intramolecular Hbond substituents is 2. The van der Waals surface area contributed by atoms with E-state index in [4.69, 9.17) is 28.4 Å². The maximum absolute atomic E-state index is 14.9. The van der Waals surface area contributed by atoms with E-state index in [0.717, 1.165) is 16.7 Å². The molecule has 288 valence electrons. The van der Waals surface area contributed by atoms with Crippen LogP contribution in [0.1, 0.15) is 68.8 Å². The lowest BCUT2D eigenvalue weighted by molar-refractivity contribution is -0.161. The second-order valence-electron chi connectivity index (χ2n) is 15.1. The number of nitrogens with zero attached hydrogens (tertiary/aromatic N) is 3. The van der Waals surface area contributed by atoms with E-state index in [2.05, 4.69) is 16.3 Å². The smallest absolute Gasteiger partial charge is 0.332 e. The van der Waals surface area contributed by atoms with Crippen molar-refractivity contribution in [3.05, 3.63) is 62.7 Å². The maximum Gasteiger partial charge on any atom is 0.332 e. The highest BCUT2D eigenvalue weighted by Gasteiger charge is 2.61. The van der Waals surface area contributed by atoms with Crippen molar-refractivity contribution >= 4 is 23.7 Å². The van der Waals surface area contributed by atoms with Gasteiger partial charge in [0.15, 0.2) is 40.0 Å². The van der Waals surface area contributed by atoms with Crippen molar-refractivity contribution in [2.45, 2.75) is 74.6 Å². The number of piperazine rings is 1. The molecule has 55 heavy (non-hydrogen) atoms. The molecule has 0 amide bonds. The summed E-state index contributed by atoms with van der Waals surface area (Å²) in [7, 11) is 4.89. The monoisotopic (exact) mass is 770 g/mol. The van der Waals surface area contributed by atoms with Gasteiger partial charge in [0, 0.05) is 53.6 Å². The van der Waals surface area contributed by atoms with Crippen molar-refractivity contribution in [1.29, 1.82) is 5.26 Å². The van der Waals surface area contributed by atoms with Gasteiger partial charge in [-0.05, 0) is 68.1 Å². The van der Waals surface area contributed by atoms with Crippen LogP contribution in [0, 0.1) is 25.2 Å². The molecule has 15 heteroatoms. The summed E-state index contributed by atoms with van der Waals surface area (Å²) in [4.78, 5) is 32.0. The Kier molecular flexibility index (Phi) is 8.36. The van der Waals surface area contributed by atoms with E-state index in [1.54, 1.807) is 12.1 Å². The number of nitrogens with one attached hydrogen (secondary N) is 1. The zero-order valence-corrected chi connectivity index (χ0v) is 32.2. The van der Waals surface area contributed by atoms with Crippen LogP contribution in [0.3, 0.4) is 0 Å². The summed E-state index contributed by atoms with van der Waals surface area (Å²) in [5.74, 6) is 1.01. The van der Waals surface area contributed by atoms with E-state index in [9.17, 15) is 25.1 Å². The molecule has 0 radical (unpaired) electrons. The van der Waals surface area contributed by atoms with Crippen LogP contribution in [0.4, 0.5) is 0 Å². The lowest BCUT2D eigenvalue weighted by Crippen LogP contribution is -2.69. The van der Waals surface area contributed by atoms with E-state index in [-0.39, 0.29) is 42.4 Å². The van der Waals surface area contributed by atoms with E-state index in [0.29, 0.717) is 70.2 Å². The Morgan fingerprint density at radius 3 is 2.56 bits per heavy atom. The SMILES string of the molecule is COc1cc2c(cc1O)CCN(C)[C@]21CS[C@@H]2c3c(OC(C)=O)c(C)c4c(c3[C@H](COC1=O)N1C2[C@@H]2N[C@H](Cc3cc(C)c(OC)c(O)c32)[C@@H]1C#N)OCO4. The lowest BCUT2D eigenvalue weighted by Gasteiger charge is -2.59. The zero-order chi connectivity index (χ0) is 38.7. The molecule has 0 aliphatic carbocycles. The number of rotatable bonds is 3. The van der Waals surface area contributed by atoms with Gasteiger partial charge in [-0.25, -0.2) is 4.79 Å². The lowest BCUT2D eigenvalue weighted by atomic mass is 9.72. The van der Waals surface area contributed by atoms with Crippen LogP contribution in [0.15, 0.2) is 18.2 Å². The second-order valence-corrected chi connectivity index (χ2v) is 16.2. The van der Waals surface area contributed by atoms with Crippen molar-refractivity contribution in [2.24, 2.45) is 0 Å². The van der Waals surface area contributed by atoms with E-state index >= 15 is 0 Å². The molecule has 7 atom stereocenters. The van der Waals surface area contributed by atoms with Crippen LogP contribution in [-0.2, 0) is 32.7 Å². The molecule has 0 aromatic heterocycles. The highest BCUT2D eigenvalue weighted by Crippen LogP contribution is 2.63. The molecular formula is C40H42N4O10S. The number of ether oxygens (including phenoxy) is 6. The number of aryl methyl sites for hydroxylation is 1. The highest BCUT2D eigenvalue weighted by atomic mass is 32.2. The predicted octanol–water partition coefficient (Wildman–Crippen LogP) is 3.99. The molecule has 7 aliphatic rings. The van der Waals surface area contributed by atoms with E-state index in [1.165, 1.54) is 32.9 Å². The molecule has 7 heterocycles. The molecule has 10 rings (SSSR count). The molecule has 4 bridgehead atoms. The van der Waals surface area contributed by atoms with Gasteiger partial charge in [0.25, 0.3) is 0 Å². The Bertz CT molecular complexity index is 2220. The molecule has 1 unspecified atom stereocenters. The molecular weight excluding hydrogens is 729 g/mol. The quantitative estimate of drug-likeness (QED) is 0.258. The molecule has 14 nitrogen and oxygen atoms in total. The predicted molar refractivity (Wildman–Crippen MR) is 198 cm³/mol. The van der Waals surface area contributed by atoms with Crippen LogP contribution in [-0.4, -0.2) is 97.0 Å². The van der Waals surface area contributed by atoms with Crippen LogP contribution in [0.5, 0.6) is 40.2 Å². The third-order valence-corrected chi connectivity index (χ3v) is 13.9. The van der Waals surface area contributed by atoms with Gasteiger partial charge in [0.1, 0.15) is 18.4 Å². The van der Waals surface area contributed by atoms with Crippen molar-refractivity contribution in [2.75, 3.05) is 47.0 Å². The van der Waals surface area contributed by atoms with Crippen molar-refractivity contribution in [3.63, 3.8) is 0 Å². The van der Waals surface area contributed by atoms with Crippen LogP contribution in [0.2, 0.25) is 0 Å². The summed E-state index contributed by atoms with van der Waals surface area (Å²) in [5.41, 5.74) is 4.44. The normalized spacial score (nSPS) is 28.9. The topological polar surface area (TPSA) is 172 Å². The Labute approximate surface area is 322 Å². The van der Waals surface area contributed by atoms with Gasteiger partial charge in [-0.2, -0.15) is 5.26 Å². The summed E-state index contributed by atoms with van der Waals surface area (Å²) in [6.45, 7) is 5.34. The summed E-state index contributed by atoms with van der Waals surface area (Å²) >= 11 is 1.49. The van der Waals surface area contributed by atoms with E-state index < -0.39 is 46.9 Å². The van der Waals surface area contributed by atoms with Gasteiger partial charge in [0.05, 0.1) is 37.6 Å². The fraction of sp³-hybridized carbons (Fsp3) is 0.475. The van der Waals surface area contributed by atoms with Gasteiger partial charge in [-0.1, -0.05) is 6.07 Å². The number of likely N-dealkylation sites (N-methyl/N-ethyl adjacent to an activating group) is 1. The number of carbonyl (C=O) groups excluding carboxylic acids is 2. The average Bonchev–Trinajstić information content (AvgIpc) is 3.65. The van der Waals surface area contributed by atoms with Gasteiger partial charge < -0.3 is 44.0 Å². The number of esters is 2. The van der Waals surface area contributed by atoms with Gasteiger partial charge >= 0.3 is 11.9 Å². The number of methoxy groups -OCH3 is 2. The number of hydrogen-bond acceptors (Lipinski definition) is 15. The second kappa shape index (κ2) is 12.8. The Morgan fingerprint density at radius 2 is 1.84 bits per heavy atom. The van der Waals surface area contributed by atoms with Gasteiger partial charge in [-0.3, -0.25) is 14.6 Å². The summed E-state index contributed by atoms with van der Waals surface area (Å²) in [5, 5.41) is 37.0. The zero-order valence-electron chi connectivity index (χ0n) is 31.3. The summed E-state index contributed by atoms with van der Waals surface area (Å²) in [6.07, 6.45) is 1.05. The standard InChI is InChI=1S/C40H42N4O10S/c1-17-9-21-10-23-24(13-41)44-25-14-51-39(48)40(22-12-27(49-5)26(46)11-20(22)7-8-43(40)4)15-55-38(32(44)31(42-23)28(21)33(47)34(17)50-6)30-29(25)37-36(52-16-53-37)18(2)35(30)54-19(3)45/h9,11-12,23-25,31-32,38,42,46-47H,7-8,10,14-16H2,1-6H3/t23-,24+,25+,31-,32?,38-,40-/m1/s1. The molecule has 3 aromatic rings. The molecule has 0 saturated carbocycles.